The van der Waals surface area contributed by atoms with E-state index in [9.17, 15) is 4.79 Å². The van der Waals surface area contributed by atoms with Crippen LogP contribution in [-0.4, -0.2) is 62.8 Å². The monoisotopic (exact) mass is 314 g/mol. The van der Waals surface area contributed by atoms with Crippen LogP contribution in [0.25, 0.3) is 11.5 Å². The first-order chi connectivity index (χ1) is 11.0. The summed E-state index contributed by atoms with van der Waals surface area (Å²) in [6.07, 6.45) is 7.14. The third kappa shape index (κ3) is 3.39. The van der Waals surface area contributed by atoms with Gasteiger partial charge in [-0.1, -0.05) is 0 Å². The van der Waals surface area contributed by atoms with Crippen LogP contribution in [0.5, 0.6) is 0 Å². The first-order valence-electron chi connectivity index (χ1n) is 7.82. The fraction of sp³-hybridized carbons (Fsp3) is 0.500. The van der Waals surface area contributed by atoms with Crippen LogP contribution < -0.4 is 0 Å². The number of likely N-dealkylation sites (N-methyl/N-ethyl adjacent to an activating group) is 1. The number of aromatic nitrogens is 4. The Hall–Kier alpha value is -2.28. The van der Waals surface area contributed by atoms with Gasteiger partial charge in [0.25, 0.3) is 0 Å². The molecule has 1 aliphatic heterocycles. The average Bonchev–Trinajstić information content (AvgIpc) is 3.15. The van der Waals surface area contributed by atoms with Crippen LogP contribution in [0.2, 0.25) is 0 Å². The Labute approximate surface area is 135 Å². The molecule has 0 aromatic carbocycles. The topological polar surface area (TPSA) is 78.0 Å². The van der Waals surface area contributed by atoms with E-state index in [4.69, 9.17) is 0 Å². The van der Waals surface area contributed by atoms with Gasteiger partial charge in [0.2, 0.25) is 5.91 Å². The quantitative estimate of drug-likeness (QED) is 0.923. The Bertz CT molecular complexity index is 695. The lowest BCUT2D eigenvalue weighted by Gasteiger charge is -2.25. The lowest BCUT2D eigenvalue weighted by atomic mass is 10.1. The van der Waals surface area contributed by atoms with Crippen molar-refractivity contribution < 1.29 is 4.79 Å². The van der Waals surface area contributed by atoms with E-state index in [0.29, 0.717) is 18.1 Å². The molecule has 0 radical (unpaired) electrons. The van der Waals surface area contributed by atoms with Gasteiger partial charge < -0.3 is 14.8 Å². The first-order valence-corrected chi connectivity index (χ1v) is 7.82. The van der Waals surface area contributed by atoms with Gasteiger partial charge in [-0.15, -0.1) is 0 Å². The number of aromatic amines is 1. The highest BCUT2D eigenvalue weighted by Gasteiger charge is 2.31. The number of likely N-dealkylation sites (tertiary alicyclic amines) is 1. The van der Waals surface area contributed by atoms with E-state index < -0.39 is 0 Å². The summed E-state index contributed by atoms with van der Waals surface area (Å²) >= 11 is 0. The molecule has 1 aliphatic rings. The summed E-state index contributed by atoms with van der Waals surface area (Å²) in [5.74, 6) is 0.847. The van der Waals surface area contributed by atoms with E-state index in [-0.39, 0.29) is 11.9 Å². The van der Waals surface area contributed by atoms with Gasteiger partial charge in [-0.05, 0) is 33.9 Å². The van der Waals surface area contributed by atoms with E-state index in [1.807, 2.05) is 30.8 Å². The zero-order chi connectivity index (χ0) is 16.4. The van der Waals surface area contributed by atoms with Crippen molar-refractivity contribution in [1.82, 2.24) is 29.7 Å². The van der Waals surface area contributed by atoms with E-state index in [2.05, 4.69) is 19.9 Å². The first kappa shape index (κ1) is 15.6. The highest BCUT2D eigenvalue weighted by molar-refractivity contribution is 5.79. The van der Waals surface area contributed by atoms with Crippen LogP contribution in [0.15, 0.2) is 18.6 Å². The van der Waals surface area contributed by atoms with Crippen molar-refractivity contribution in [2.75, 3.05) is 27.2 Å². The fourth-order valence-electron chi connectivity index (χ4n) is 2.93. The number of nitrogens with one attached hydrogen (secondary N) is 1. The third-order valence-electron chi connectivity index (χ3n) is 3.96. The normalized spacial score (nSPS) is 17.9. The molecule has 3 rings (SSSR count). The van der Waals surface area contributed by atoms with Crippen molar-refractivity contribution >= 4 is 5.91 Å². The molecule has 1 atom stereocenters. The van der Waals surface area contributed by atoms with Crippen LogP contribution in [0.4, 0.5) is 0 Å². The summed E-state index contributed by atoms with van der Waals surface area (Å²) < 4.78 is 0. The molecular weight excluding hydrogens is 292 g/mol. The fourth-order valence-corrected chi connectivity index (χ4v) is 2.93. The van der Waals surface area contributed by atoms with E-state index in [1.54, 1.807) is 18.6 Å². The number of rotatable bonds is 4. The maximum atomic E-state index is 12.4. The highest BCUT2D eigenvalue weighted by atomic mass is 16.2. The van der Waals surface area contributed by atoms with Crippen molar-refractivity contribution in [2.24, 2.45) is 0 Å². The Morgan fingerprint density at radius 1 is 1.39 bits per heavy atom. The smallest absolute Gasteiger partial charge is 0.237 e. The lowest BCUT2D eigenvalue weighted by molar-refractivity contribution is -0.132. The van der Waals surface area contributed by atoms with Crippen molar-refractivity contribution in [3.8, 4) is 11.5 Å². The zero-order valence-corrected chi connectivity index (χ0v) is 13.8. The number of nitrogens with zero attached hydrogens (tertiary/aromatic N) is 5. The molecule has 1 amide bonds. The number of hydrogen-bond donors (Lipinski definition) is 1. The minimum Gasteiger partial charge on any atom is -0.341 e. The summed E-state index contributed by atoms with van der Waals surface area (Å²) in [6.45, 7) is 3.15. The molecular formula is C16H22N6O. The molecule has 2 aromatic rings. The number of imidazole rings is 1. The van der Waals surface area contributed by atoms with Crippen molar-refractivity contribution in [3.05, 3.63) is 30.0 Å². The van der Waals surface area contributed by atoms with Crippen LogP contribution in [0.3, 0.4) is 0 Å². The molecule has 7 heteroatoms. The molecule has 3 heterocycles. The molecule has 7 nitrogen and oxygen atoms in total. The molecule has 23 heavy (non-hydrogen) atoms. The average molecular weight is 314 g/mol. The van der Waals surface area contributed by atoms with Crippen LogP contribution in [0, 0.1) is 6.92 Å². The van der Waals surface area contributed by atoms with Crippen LogP contribution in [0.1, 0.15) is 30.3 Å². The van der Waals surface area contributed by atoms with Gasteiger partial charge in [0.05, 0.1) is 30.7 Å². The number of hydrogen-bond acceptors (Lipinski definition) is 5. The standard InChI is InChI=1S/C16H22N6O/c1-11-7-18-16(19-11)13-9-17-8-12(20-13)14-5-4-6-22(14)15(23)10-21(2)3/h7-9,14H,4-6,10H2,1-3H3,(H,18,19)/t14-/m0/s1. The van der Waals surface area contributed by atoms with E-state index >= 15 is 0 Å². The zero-order valence-electron chi connectivity index (χ0n) is 13.8. The van der Waals surface area contributed by atoms with Crippen molar-refractivity contribution in [1.29, 1.82) is 0 Å². The molecule has 0 bridgehead atoms. The number of carbonyl (C=O) groups is 1. The number of H-pyrrole nitrogens is 1. The Morgan fingerprint density at radius 3 is 2.91 bits per heavy atom. The number of aryl methyl sites for hydroxylation is 1. The third-order valence-corrected chi connectivity index (χ3v) is 3.96. The number of amides is 1. The molecule has 0 saturated carbocycles. The predicted molar refractivity (Wildman–Crippen MR) is 86.6 cm³/mol. The second-order valence-electron chi connectivity index (χ2n) is 6.23. The highest BCUT2D eigenvalue weighted by Crippen LogP contribution is 2.31. The summed E-state index contributed by atoms with van der Waals surface area (Å²) in [5.41, 5.74) is 2.53. The Balaban J connectivity index is 1.84. The number of carbonyl (C=O) groups excluding carboxylic acids is 1. The molecule has 1 saturated heterocycles. The van der Waals surface area contributed by atoms with E-state index in [1.165, 1.54) is 0 Å². The van der Waals surface area contributed by atoms with Gasteiger partial charge in [0.15, 0.2) is 5.82 Å². The SMILES string of the molecule is Cc1cnc(-c2cncc([C@@H]3CCCN3C(=O)CN(C)C)n2)[nH]1. The largest absolute Gasteiger partial charge is 0.341 e. The molecule has 2 aromatic heterocycles. The second-order valence-corrected chi connectivity index (χ2v) is 6.23. The summed E-state index contributed by atoms with van der Waals surface area (Å²) in [5, 5.41) is 0. The Kier molecular flexibility index (Phi) is 4.38. The molecule has 1 fully saturated rings. The van der Waals surface area contributed by atoms with Crippen molar-refractivity contribution in [3.63, 3.8) is 0 Å². The predicted octanol–water partition coefficient (Wildman–Crippen LogP) is 1.40. The Morgan fingerprint density at radius 2 is 2.22 bits per heavy atom. The second kappa shape index (κ2) is 6.45. The van der Waals surface area contributed by atoms with Crippen LogP contribution >= 0.6 is 0 Å². The molecule has 0 spiro atoms. The van der Waals surface area contributed by atoms with E-state index in [0.717, 1.165) is 30.8 Å². The molecule has 0 aliphatic carbocycles. The summed E-state index contributed by atoms with van der Waals surface area (Å²) in [4.78, 5) is 32.7. The minimum absolute atomic E-state index is 0.00552. The summed E-state index contributed by atoms with van der Waals surface area (Å²) in [6, 6.07) is 0.00552. The molecule has 0 unspecified atom stereocenters. The summed E-state index contributed by atoms with van der Waals surface area (Å²) in [7, 11) is 3.81. The van der Waals surface area contributed by atoms with Gasteiger partial charge >= 0.3 is 0 Å². The maximum absolute atomic E-state index is 12.4. The molecule has 1 N–H and O–H groups in total. The van der Waals surface area contributed by atoms with Gasteiger partial charge in [-0.2, -0.15) is 0 Å². The maximum Gasteiger partial charge on any atom is 0.237 e. The van der Waals surface area contributed by atoms with Gasteiger partial charge in [-0.25, -0.2) is 9.97 Å². The van der Waals surface area contributed by atoms with Crippen molar-refractivity contribution in [2.45, 2.75) is 25.8 Å². The van der Waals surface area contributed by atoms with Gasteiger partial charge in [0, 0.05) is 18.4 Å². The van der Waals surface area contributed by atoms with Gasteiger partial charge in [-0.3, -0.25) is 9.78 Å². The molecule has 122 valence electrons. The van der Waals surface area contributed by atoms with Crippen LogP contribution in [-0.2, 0) is 4.79 Å². The minimum atomic E-state index is 0.00552. The van der Waals surface area contributed by atoms with Gasteiger partial charge in [0.1, 0.15) is 5.69 Å². The lowest BCUT2D eigenvalue weighted by Crippen LogP contribution is -2.37.